The highest BCUT2D eigenvalue weighted by molar-refractivity contribution is 6.03. The number of carbonyl (C=O) groups excluding carboxylic acids is 8. The van der Waals surface area contributed by atoms with Crippen LogP contribution in [0.1, 0.15) is 109 Å². The van der Waals surface area contributed by atoms with Gasteiger partial charge in [-0.05, 0) is 116 Å². The van der Waals surface area contributed by atoms with Gasteiger partial charge in [0, 0.05) is 45.3 Å². The first-order valence-electron chi connectivity index (χ1n) is 25.7. The molecule has 4 rings (SSSR count). The van der Waals surface area contributed by atoms with Gasteiger partial charge in [-0.25, -0.2) is 0 Å². The summed E-state index contributed by atoms with van der Waals surface area (Å²) in [7, 11) is 5.46. The van der Waals surface area contributed by atoms with E-state index >= 15 is 0 Å². The van der Waals surface area contributed by atoms with Gasteiger partial charge >= 0.3 is 0 Å². The van der Waals surface area contributed by atoms with Gasteiger partial charge in [-0.2, -0.15) is 0 Å². The minimum atomic E-state index is -1.16. The molecule has 0 saturated heterocycles. The Morgan fingerprint density at radius 2 is 0.667 bits per heavy atom. The number of aliphatic imine (C=N–C) groups is 3. The van der Waals surface area contributed by atoms with Crippen molar-refractivity contribution in [3.05, 3.63) is 117 Å². The molecule has 25 heteroatoms. The number of ketones is 4. The van der Waals surface area contributed by atoms with Gasteiger partial charge in [0.2, 0.25) is 0 Å². The molecule has 0 spiro atoms. The quantitative estimate of drug-likeness (QED) is 0.0176. The lowest BCUT2D eigenvalue weighted by Gasteiger charge is -2.21. The lowest BCUT2D eigenvalue weighted by molar-refractivity contribution is -0.121. The number of benzene rings is 4. The van der Waals surface area contributed by atoms with E-state index in [-0.39, 0.29) is 140 Å². The zero-order valence-corrected chi connectivity index (χ0v) is 46.1. The molecule has 0 unspecified atom stereocenters. The standard InChI is InChI=1S/C56H73N13O12/c1-31(70)23-32-12-17-47(79-3)37(25-32)51(75)67-41(10-7-21-65-55(60)61)44(72)29-34-14-19-49(81-5)39(27-34)53(77)69-42(11-8-22-66-56(62)63)45(73)30-35-15-18-48(80-4)38(26-35)52(76)68-40(9-6-20-64-54(58)59)43(71)28-33-13-16-46(78-2)36(24-33)50(57)74/h12-19,24-27,40-42H,6-11,20-23,28-30H2,1-5H3,(H2,57,74)(H,67,75)(H,68,76)(H,69,77)(H4,58,59,64)(H4,60,61,65)(H4,62,63,66)/t40-,41-,42-/m0/s1. The van der Waals surface area contributed by atoms with Crippen LogP contribution in [0.15, 0.2) is 87.8 Å². The van der Waals surface area contributed by atoms with E-state index in [2.05, 4.69) is 30.9 Å². The Bertz CT molecular complexity index is 3020. The largest absolute Gasteiger partial charge is 0.496 e. The first kappa shape index (κ1) is 64.0. The fourth-order valence-corrected chi connectivity index (χ4v) is 8.61. The molecule has 25 nitrogen and oxygen atoms in total. The molecule has 4 aromatic rings. The van der Waals surface area contributed by atoms with Crippen molar-refractivity contribution >= 4 is 64.6 Å². The molecule has 0 aliphatic heterocycles. The second-order valence-electron chi connectivity index (χ2n) is 18.7. The molecule has 434 valence electrons. The highest BCUT2D eigenvalue weighted by Crippen LogP contribution is 2.26. The molecule has 0 radical (unpaired) electrons. The number of nitrogens with one attached hydrogen (secondary N) is 3. The Labute approximate surface area is 469 Å². The predicted molar refractivity (Wildman–Crippen MR) is 305 cm³/mol. The Morgan fingerprint density at radius 1 is 0.407 bits per heavy atom. The van der Waals surface area contributed by atoms with Crippen molar-refractivity contribution in [2.75, 3.05) is 48.1 Å². The molecule has 4 amide bonds. The van der Waals surface area contributed by atoms with E-state index in [0.29, 0.717) is 35.1 Å². The normalized spacial score (nSPS) is 11.8. The van der Waals surface area contributed by atoms with E-state index in [1.807, 2.05) is 0 Å². The van der Waals surface area contributed by atoms with Crippen LogP contribution in [0, 0.1) is 0 Å². The predicted octanol–water partition coefficient (Wildman–Crippen LogP) is 0.843. The number of amides is 4. The highest BCUT2D eigenvalue weighted by Gasteiger charge is 2.29. The number of guanidine groups is 3. The molecule has 4 aromatic carbocycles. The fraction of sp³-hybridized carbons (Fsp3) is 0.375. The number of hydrogen-bond acceptors (Lipinski definition) is 15. The second kappa shape index (κ2) is 31.8. The summed E-state index contributed by atoms with van der Waals surface area (Å²) in [6, 6.07) is 15.0. The Hall–Kier alpha value is -9.55. The van der Waals surface area contributed by atoms with Gasteiger partial charge < -0.3 is 75.0 Å². The topological polar surface area (TPSA) is 429 Å². The van der Waals surface area contributed by atoms with Crippen molar-refractivity contribution in [3.63, 3.8) is 0 Å². The lowest BCUT2D eigenvalue weighted by atomic mass is 9.96. The molecule has 0 bridgehead atoms. The molecule has 0 saturated carbocycles. The number of carbonyl (C=O) groups is 8. The van der Waals surface area contributed by atoms with Crippen LogP contribution in [0.5, 0.6) is 23.0 Å². The van der Waals surface area contributed by atoms with Crippen LogP contribution >= 0.6 is 0 Å². The van der Waals surface area contributed by atoms with E-state index in [0.717, 1.165) is 0 Å². The average Bonchev–Trinajstić information content (AvgIpc) is 3.43. The third-order valence-electron chi connectivity index (χ3n) is 12.6. The van der Waals surface area contributed by atoms with Crippen molar-refractivity contribution in [2.24, 2.45) is 55.1 Å². The van der Waals surface area contributed by atoms with Gasteiger partial charge in [0.15, 0.2) is 35.2 Å². The second-order valence-corrected chi connectivity index (χ2v) is 18.7. The van der Waals surface area contributed by atoms with Crippen LogP contribution in [0.25, 0.3) is 0 Å². The van der Waals surface area contributed by atoms with Gasteiger partial charge in [-0.15, -0.1) is 0 Å². The maximum Gasteiger partial charge on any atom is 0.255 e. The summed E-state index contributed by atoms with van der Waals surface area (Å²) in [5, 5.41) is 8.41. The summed E-state index contributed by atoms with van der Waals surface area (Å²) in [6.45, 7) is 1.86. The van der Waals surface area contributed by atoms with Crippen LogP contribution < -0.4 is 75.0 Å². The molecule has 0 heterocycles. The van der Waals surface area contributed by atoms with Crippen molar-refractivity contribution in [3.8, 4) is 23.0 Å². The van der Waals surface area contributed by atoms with Gasteiger partial charge in [-0.3, -0.25) is 53.3 Å². The summed E-state index contributed by atoms with van der Waals surface area (Å²) < 4.78 is 21.8. The number of rotatable bonds is 34. The number of methoxy groups -OCH3 is 4. The van der Waals surface area contributed by atoms with Gasteiger partial charge in [0.1, 0.15) is 28.8 Å². The van der Waals surface area contributed by atoms with Crippen LogP contribution in [-0.4, -0.2) is 131 Å². The number of nitrogens with zero attached hydrogens (tertiary/aromatic N) is 3. The van der Waals surface area contributed by atoms with Crippen LogP contribution in [0.2, 0.25) is 0 Å². The lowest BCUT2D eigenvalue weighted by Crippen LogP contribution is -2.42. The van der Waals surface area contributed by atoms with E-state index in [4.69, 9.17) is 59.1 Å². The summed E-state index contributed by atoms with van der Waals surface area (Å²) in [5.74, 6) is -4.05. The smallest absolute Gasteiger partial charge is 0.255 e. The van der Waals surface area contributed by atoms with E-state index in [1.54, 1.807) is 30.3 Å². The molecule has 3 atom stereocenters. The summed E-state index contributed by atoms with van der Waals surface area (Å²) in [5.41, 5.74) is 40.6. The number of hydrogen-bond donors (Lipinski definition) is 10. The Kier molecular flexibility index (Phi) is 25.1. The average molecular weight is 1120 g/mol. The number of Topliss-reactive ketones (excluding diaryl/α,β-unsaturated/α-hetero) is 4. The molecular formula is C56H73N13O12. The van der Waals surface area contributed by atoms with Crippen LogP contribution in [-0.2, 0) is 44.9 Å². The molecule has 0 fully saturated rings. The van der Waals surface area contributed by atoms with E-state index < -0.39 is 59.1 Å². The first-order valence-corrected chi connectivity index (χ1v) is 25.7. The van der Waals surface area contributed by atoms with Crippen molar-refractivity contribution < 1.29 is 57.3 Å². The molecule has 0 aliphatic rings. The Balaban J connectivity index is 1.61. The minimum Gasteiger partial charge on any atom is -0.496 e. The van der Waals surface area contributed by atoms with E-state index in [9.17, 15) is 38.4 Å². The van der Waals surface area contributed by atoms with E-state index in [1.165, 1.54) is 77.8 Å². The third kappa shape index (κ3) is 20.3. The van der Waals surface area contributed by atoms with Crippen LogP contribution in [0.4, 0.5) is 0 Å². The highest BCUT2D eigenvalue weighted by atomic mass is 16.5. The molecule has 81 heavy (non-hydrogen) atoms. The maximum absolute atomic E-state index is 14.4. The number of primary amides is 1. The third-order valence-corrected chi connectivity index (χ3v) is 12.6. The van der Waals surface area contributed by atoms with Crippen molar-refractivity contribution in [1.29, 1.82) is 0 Å². The van der Waals surface area contributed by atoms with Crippen molar-refractivity contribution in [1.82, 2.24) is 16.0 Å². The fourth-order valence-electron chi connectivity index (χ4n) is 8.61. The Morgan fingerprint density at radius 3 is 0.914 bits per heavy atom. The van der Waals surface area contributed by atoms with Crippen molar-refractivity contribution in [2.45, 2.75) is 89.3 Å². The maximum atomic E-state index is 14.4. The molecule has 17 N–H and O–H groups in total. The molecule has 0 aromatic heterocycles. The summed E-state index contributed by atoms with van der Waals surface area (Å²) >= 11 is 0. The SMILES string of the molecule is COc1ccc(CC(=O)[C@H](CCCN=C(N)N)NC(=O)c2cc(CC(=O)[C@H](CCCN=C(N)N)NC(=O)c3cc(CC(=O)[C@H](CCCN=C(N)N)NC(=O)c4cc(CC(C)=O)ccc4OC)ccc3OC)ccc2OC)cc1C(N)=O. The summed E-state index contributed by atoms with van der Waals surface area (Å²) in [4.78, 5) is 121. The molecule has 0 aliphatic carbocycles. The minimum absolute atomic E-state index is 0.0103. The zero-order valence-electron chi connectivity index (χ0n) is 46.1. The number of ether oxygens (including phenoxy) is 4. The molecular weight excluding hydrogens is 1050 g/mol. The van der Waals surface area contributed by atoms with Gasteiger partial charge in [0.25, 0.3) is 23.6 Å². The van der Waals surface area contributed by atoms with Gasteiger partial charge in [0.05, 0.1) is 68.8 Å². The summed E-state index contributed by atoms with van der Waals surface area (Å²) in [6.07, 6.45) is 0.455. The first-order chi connectivity index (χ1) is 38.6. The van der Waals surface area contributed by atoms with Crippen LogP contribution in [0.3, 0.4) is 0 Å². The zero-order chi connectivity index (χ0) is 59.8. The van der Waals surface area contributed by atoms with Gasteiger partial charge in [-0.1, -0.05) is 24.3 Å². The number of nitrogens with two attached hydrogens (primary N) is 7. The monoisotopic (exact) mass is 1120 g/mol.